The number of alkyl halides is 1. The number of pyridine rings is 1. The fraction of sp³-hybridized carbons (Fsp3) is 0.400. The summed E-state index contributed by atoms with van der Waals surface area (Å²) in [6.45, 7) is 2.40. The molecule has 0 aliphatic heterocycles. The lowest BCUT2D eigenvalue weighted by molar-refractivity contribution is 0.0497. The molecule has 1 aromatic rings. The van der Waals surface area contributed by atoms with Gasteiger partial charge in [-0.25, -0.2) is 9.78 Å². The number of aromatic nitrogens is 1. The highest BCUT2D eigenvalue weighted by Crippen LogP contribution is 2.10. The fourth-order valence-corrected chi connectivity index (χ4v) is 1.45. The second kappa shape index (κ2) is 5.75. The van der Waals surface area contributed by atoms with Crippen molar-refractivity contribution in [3.05, 3.63) is 29.6 Å². The van der Waals surface area contributed by atoms with Crippen LogP contribution in [-0.2, 0) is 10.1 Å². The molecule has 0 saturated carbocycles. The van der Waals surface area contributed by atoms with Crippen LogP contribution in [0.15, 0.2) is 18.3 Å². The van der Waals surface area contributed by atoms with Crippen LogP contribution in [0.25, 0.3) is 0 Å². The molecule has 3 nitrogen and oxygen atoms in total. The first-order valence-electron chi connectivity index (χ1n) is 4.46. The third-order valence-electron chi connectivity index (χ3n) is 1.67. The van der Waals surface area contributed by atoms with Crippen LogP contribution in [0.2, 0.25) is 0 Å². The van der Waals surface area contributed by atoms with Crippen LogP contribution in [0.3, 0.4) is 0 Å². The molecule has 0 fully saturated rings. The van der Waals surface area contributed by atoms with Crippen molar-refractivity contribution in [3.63, 3.8) is 0 Å². The predicted molar refractivity (Wildman–Crippen MR) is 57.4 cm³/mol. The van der Waals surface area contributed by atoms with Crippen molar-refractivity contribution in [1.82, 2.24) is 4.98 Å². The predicted octanol–water partition coefficient (Wildman–Crippen LogP) is 2.54. The van der Waals surface area contributed by atoms with E-state index in [1.54, 1.807) is 12.3 Å². The maximum atomic E-state index is 11.5. The average Bonchev–Trinajstić information content (AvgIpc) is 2.25. The summed E-state index contributed by atoms with van der Waals surface area (Å²) in [5.74, 6) is -0.345. The minimum atomic E-state index is -0.345. The first-order chi connectivity index (χ1) is 6.79. The molecule has 1 rings (SSSR count). The molecule has 0 N–H and O–H groups in total. The molecule has 0 amide bonds. The molecular formula is C10H12BrNO2. The SMILES string of the molecule is CCCOC(=O)c1ncccc1CBr. The van der Waals surface area contributed by atoms with Crippen molar-refractivity contribution in [2.75, 3.05) is 6.61 Å². The number of hydrogen-bond donors (Lipinski definition) is 0. The number of ether oxygens (including phenoxy) is 1. The number of rotatable bonds is 4. The van der Waals surface area contributed by atoms with Crippen molar-refractivity contribution >= 4 is 21.9 Å². The lowest BCUT2D eigenvalue weighted by Crippen LogP contribution is -2.10. The van der Waals surface area contributed by atoms with Crippen LogP contribution in [0.4, 0.5) is 0 Å². The van der Waals surface area contributed by atoms with E-state index in [-0.39, 0.29) is 5.97 Å². The van der Waals surface area contributed by atoms with Gasteiger partial charge in [0.25, 0.3) is 0 Å². The highest BCUT2D eigenvalue weighted by Gasteiger charge is 2.12. The van der Waals surface area contributed by atoms with Crippen molar-refractivity contribution in [2.45, 2.75) is 18.7 Å². The summed E-state index contributed by atoms with van der Waals surface area (Å²) in [4.78, 5) is 15.5. The minimum absolute atomic E-state index is 0.345. The number of nitrogens with zero attached hydrogens (tertiary/aromatic N) is 1. The van der Waals surface area contributed by atoms with E-state index >= 15 is 0 Å². The summed E-state index contributed by atoms with van der Waals surface area (Å²) in [5.41, 5.74) is 1.26. The van der Waals surface area contributed by atoms with Gasteiger partial charge in [-0.3, -0.25) is 0 Å². The van der Waals surface area contributed by atoms with Gasteiger partial charge in [0.1, 0.15) is 0 Å². The number of carbonyl (C=O) groups excluding carboxylic acids is 1. The maximum absolute atomic E-state index is 11.5. The van der Waals surface area contributed by atoms with E-state index in [1.807, 2.05) is 13.0 Å². The number of esters is 1. The van der Waals surface area contributed by atoms with Gasteiger partial charge in [0.05, 0.1) is 6.61 Å². The van der Waals surface area contributed by atoms with Crippen molar-refractivity contribution in [2.24, 2.45) is 0 Å². The van der Waals surface area contributed by atoms with E-state index in [0.29, 0.717) is 17.6 Å². The first kappa shape index (κ1) is 11.2. The summed E-state index contributed by atoms with van der Waals surface area (Å²) in [5, 5.41) is 0.609. The molecule has 0 saturated heterocycles. The average molecular weight is 258 g/mol. The number of hydrogen-bond acceptors (Lipinski definition) is 3. The van der Waals surface area contributed by atoms with Crippen LogP contribution in [-0.4, -0.2) is 17.6 Å². The Hall–Kier alpha value is -0.900. The Morgan fingerprint density at radius 3 is 3.07 bits per heavy atom. The van der Waals surface area contributed by atoms with Crippen molar-refractivity contribution in [3.8, 4) is 0 Å². The van der Waals surface area contributed by atoms with Gasteiger partial charge in [0, 0.05) is 11.5 Å². The highest BCUT2D eigenvalue weighted by molar-refractivity contribution is 9.08. The zero-order valence-corrected chi connectivity index (χ0v) is 9.58. The lowest BCUT2D eigenvalue weighted by atomic mass is 10.2. The molecule has 14 heavy (non-hydrogen) atoms. The van der Waals surface area contributed by atoms with E-state index < -0.39 is 0 Å². The molecule has 0 spiro atoms. The number of halogens is 1. The third-order valence-corrected chi connectivity index (χ3v) is 2.27. The molecule has 0 atom stereocenters. The standard InChI is InChI=1S/C10H12BrNO2/c1-2-6-14-10(13)9-8(7-11)4-3-5-12-9/h3-5H,2,6-7H2,1H3. The fourth-order valence-electron chi connectivity index (χ4n) is 0.993. The Morgan fingerprint density at radius 2 is 2.43 bits per heavy atom. The van der Waals surface area contributed by atoms with Crippen LogP contribution < -0.4 is 0 Å². The Labute approximate surface area is 91.6 Å². The van der Waals surface area contributed by atoms with E-state index in [0.717, 1.165) is 12.0 Å². The summed E-state index contributed by atoms with van der Waals surface area (Å²) in [6, 6.07) is 3.65. The maximum Gasteiger partial charge on any atom is 0.357 e. The van der Waals surface area contributed by atoms with Crippen molar-refractivity contribution in [1.29, 1.82) is 0 Å². The van der Waals surface area contributed by atoms with Crippen molar-refractivity contribution < 1.29 is 9.53 Å². The third kappa shape index (κ3) is 2.80. The van der Waals surface area contributed by atoms with Crippen LogP contribution in [0, 0.1) is 0 Å². The van der Waals surface area contributed by atoms with Gasteiger partial charge < -0.3 is 4.74 Å². The molecule has 0 unspecified atom stereocenters. The highest BCUT2D eigenvalue weighted by atomic mass is 79.9. The molecule has 0 aliphatic carbocycles. The lowest BCUT2D eigenvalue weighted by Gasteiger charge is -2.05. The van der Waals surface area contributed by atoms with Gasteiger partial charge in [-0.15, -0.1) is 0 Å². The van der Waals surface area contributed by atoms with E-state index in [9.17, 15) is 4.79 Å². The molecule has 0 aromatic carbocycles. The molecule has 0 aliphatic rings. The van der Waals surface area contributed by atoms with Gasteiger partial charge >= 0.3 is 5.97 Å². The molecule has 1 heterocycles. The largest absolute Gasteiger partial charge is 0.461 e. The van der Waals surface area contributed by atoms with Gasteiger partial charge in [-0.1, -0.05) is 28.9 Å². The second-order valence-electron chi connectivity index (χ2n) is 2.78. The Balaban J connectivity index is 2.78. The number of carbonyl (C=O) groups is 1. The van der Waals surface area contributed by atoms with E-state index in [2.05, 4.69) is 20.9 Å². The molecule has 4 heteroatoms. The zero-order valence-electron chi connectivity index (χ0n) is 8.00. The summed E-state index contributed by atoms with van der Waals surface area (Å²) in [7, 11) is 0. The smallest absolute Gasteiger partial charge is 0.357 e. The van der Waals surface area contributed by atoms with Crippen LogP contribution in [0.1, 0.15) is 29.4 Å². The van der Waals surface area contributed by atoms with E-state index in [1.165, 1.54) is 0 Å². The van der Waals surface area contributed by atoms with E-state index in [4.69, 9.17) is 4.74 Å². The Bertz CT molecular complexity index is 315. The molecule has 0 radical (unpaired) electrons. The monoisotopic (exact) mass is 257 g/mol. The minimum Gasteiger partial charge on any atom is -0.461 e. The second-order valence-corrected chi connectivity index (χ2v) is 3.34. The first-order valence-corrected chi connectivity index (χ1v) is 5.58. The normalized spacial score (nSPS) is 9.86. The molecule has 1 aromatic heterocycles. The van der Waals surface area contributed by atoms with Gasteiger partial charge in [-0.2, -0.15) is 0 Å². The van der Waals surface area contributed by atoms with Gasteiger partial charge in [0.15, 0.2) is 5.69 Å². The topological polar surface area (TPSA) is 39.2 Å². The van der Waals surface area contributed by atoms with Crippen LogP contribution in [0.5, 0.6) is 0 Å². The Morgan fingerprint density at radius 1 is 1.64 bits per heavy atom. The zero-order chi connectivity index (χ0) is 10.4. The van der Waals surface area contributed by atoms with Gasteiger partial charge in [-0.05, 0) is 18.1 Å². The summed E-state index contributed by atoms with van der Waals surface area (Å²) >= 11 is 3.30. The summed E-state index contributed by atoms with van der Waals surface area (Å²) in [6.07, 6.45) is 2.41. The molecule has 0 bridgehead atoms. The Kier molecular flexibility index (Phi) is 4.59. The van der Waals surface area contributed by atoms with Gasteiger partial charge in [0.2, 0.25) is 0 Å². The molecular weight excluding hydrogens is 246 g/mol. The van der Waals surface area contributed by atoms with Crippen LogP contribution >= 0.6 is 15.9 Å². The summed E-state index contributed by atoms with van der Waals surface area (Å²) < 4.78 is 5.00. The quantitative estimate of drug-likeness (QED) is 0.615. The molecule has 76 valence electrons.